The Balaban J connectivity index is 1.79. The van der Waals surface area contributed by atoms with E-state index in [1.807, 2.05) is 24.3 Å². The van der Waals surface area contributed by atoms with Crippen LogP contribution in [0.4, 0.5) is 0 Å². The summed E-state index contributed by atoms with van der Waals surface area (Å²) >= 11 is 1.41. The van der Waals surface area contributed by atoms with E-state index >= 15 is 0 Å². The van der Waals surface area contributed by atoms with Gasteiger partial charge in [-0.1, -0.05) is 45.0 Å². The Labute approximate surface area is 134 Å². The molecule has 0 radical (unpaired) electrons. The molecule has 2 N–H and O–H groups in total. The summed E-state index contributed by atoms with van der Waals surface area (Å²) in [6.07, 6.45) is 1.63. The Hall–Kier alpha value is -1.72. The average molecular weight is 316 g/mol. The number of benzene rings is 1. The summed E-state index contributed by atoms with van der Waals surface area (Å²) in [6.45, 7) is 6.22. The van der Waals surface area contributed by atoms with Gasteiger partial charge in [0.2, 0.25) is 0 Å². The number of hydrogen-bond donors (Lipinski definition) is 2. The first-order valence-electron chi connectivity index (χ1n) is 7.39. The molecular formula is C17H20N2O2S. The number of nitrogens with zero attached hydrogens (tertiary/aromatic N) is 1. The highest BCUT2D eigenvalue weighted by Crippen LogP contribution is 2.32. The van der Waals surface area contributed by atoms with Crippen LogP contribution in [0.15, 0.2) is 30.5 Å². The summed E-state index contributed by atoms with van der Waals surface area (Å²) in [5, 5.41) is 14.1. The SMILES string of the molecule is CC(C)(C)c1ncc(C(=O)N[C@H]2c3ccccc3C[C@H]2O)s1. The second-order valence-electron chi connectivity index (χ2n) is 6.70. The first-order chi connectivity index (χ1) is 10.4. The zero-order valence-corrected chi connectivity index (χ0v) is 13.8. The zero-order chi connectivity index (χ0) is 15.9. The molecule has 0 fully saturated rings. The summed E-state index contributed by atoms with van der Waals surface area (Å²) < 4.78 is 0. The maximum absolute atomic E-state index is 12.4. The lowest BCUT2D eigenvalue weighted by molar-refractivity contribution is 0.0862. The molecule has 0 saturated heterocycles. The number of rotatable bonds is 2. The van der Waals surface area contributed by atoms with Crippen molar-refractivity contribution in [3.8, 4) is 0 Å². The van der Waals surface area contributed by atoms with Crippen LogP contribution < -0.4 is 5.32 Å². The van der Waals surface area contributed by atoms with E-state index in [1.54, 1.807) is 6.20 Å². The molecular weight excluding hydrogens is 296 g/mol. The Kier molecular flexibility index (Phi) is 3.78. The average Bonchev–Trinajstić information content (AvgIpc) is 3.04. The van der Waals surface area contributed by atoms with E-state index < -0.39 is 6.10 Å². The highest BCUT2D eigenvalue weighted by atomic mass is 32.1. The van der Waals surface area contributed by atoms with Gasteiger partial charge in [0.25, 0.3) is 5.91 Å². The molecule has 0 spiro atoms. The van der Waals surface area contributed by atoms with Gasteiger partial charge in [0.1, 0.15) is 4.88 Å². The van der Waals surface area contributed by atoms with Gasteiger partial charge in [-0.2, -0.15) is 0 Å². The van der Waals surface area contributed by atoms with E-state index in [9.17, 15) is 9.90 Å². The molecule has 2 atom stereocenters. The molecule has 1 aliphatic carbocycles. The van der Waals surface area contributed by atoms with Crippen molar-refractivity contribution in [2.45, 2.75) is 44.8 Å². The van der Waals surface area contributed by atoms with Gasteiger partial charge >= 0.3 is 0 Å². The van der Waals surface area contributed by atoms with Crippen molar-refractivity contribution in [3.63, 3.8) is 0 Å². The smallest absolute Gasteiger partial charge is 0.263 e. The normalized spacial score (nSPS) is 20.7. The summed E-state index contributed by atoms with van der Waals surface area (Å²) in [5.74, 6) is -0.172. The van der Waals surface area contributed by atoms with Crippen LogP contribution in [0.2, 0.25) is 0 Å². The van der Waals surface area contributed by atoms with Crippen LogP contribution in [-0.4, -0.2) is 22.1 Å². The topological polar surface area (TPSA) is 62.2 Å². The van der Waals surface area contributed by atoms with E-state index in [0.29, 0.717) is 11.3 Å². The molecule has 5 heteroatoms. The van der Waals surface area contributed by atoms with Crippen molar-refractivity contribution in [3.05, 3.63) is 51.5 Å². The highest BCUT2D eigenvalue weighted by molar-refractivity contribution is 7.13. The van der Waals surface area contributed by atoms with Gasteiger partial charge in [-0.3, -0.25) is 4.79 Å². The predicted molar refractivity (Wildman–Crippen MR) is 87.2 cm³/mol. The van der Waals surface area contributed by atoms with Crippen LogP contribution in [0.25, 0.3) is 0 Å². The molecule has 0 aliphatic heterocycles. The van der Waals surface area contributed by atoms with E-state index in [-0.39, 0.29) is 17.4 Å². The molecule has 1 aromatic carbocycles. The maximum Gasteiger partial charge on any atom is 0.263 e. The highest BCUT2D eigenvalue weighted by Gasteiger charge is 2.32. The van der Waals surface area contributed by atoms with Crippen LogP contribution in [0, 0.1) is 0 Å². The monoisotopic (exact) mass is 316 g/mol. The number of aliphatic hydroxyl groups excluding tert-OH is 1. The number of carbonyl (C=O) groups is 1. The van der Waals surface area contributed by atoms with Gasteiger partial charge in [0.05, 0.1) is 23.4 Å². The number of fused-ring (bicyclic) bond motifs is 1. The minimum atomic E-state index is -0.573. The molecule has 22 heavy (non-hydrogen) atoms. The van der Waals surface area contributed by atoms with Crippen LogP contribution in [0.3, 0.4) is 0 Å². The summed E-state index contributed by atoms with van der Waals surface area (Å²) in [7, 11) is 0. The van der Waals surface area contributed by atoms with Crippen molar-refractivity contribution < 1.29 is 9.90 Å². The first kappa shape index (κ1) is 15.2. The van der Waals surface area contributed by atoms with E-state index in [0.717, 1.165) is 16.1 Å². The number of aromatic nitrogens is 1. The second kappa shape index (κ2) is 5.48. The minimum absolute atomic E-state index is 0.0668. The Morgan fingerprint density at radius 2 is 2.09 bits per heavy atom. The molecule has 3 rings (SSSR count). The Bertz CT molecular complexity index is 703. The molecule has 0 bridgehead atoms. The molecule has 1 amide bonds. The summed E-state index contributed by atoms with van der Waals surface area (Å²) in [5.41, 5.74) is 2.03. The Morgan fingerprint density at radius 1 is 1.36 bits per heavy atom. The number of hydrogen-bond acceptors (Lipinski definition) is 4. The second-order valence-corrected chi connectivity index (χ2v) is 7.73. The molecule has 1 aromatic heterocycles. The summed E-state index contributed by atoms with van der Waals surface area (Å²) in [4.78, 5) is 17.4. The third kappa shape index (κ3) is 2.78. The lowest BCUT2D eigenvalue weighted by atomic mass is 9.98. The zero-order valence-electron chi connectivity index (χ0n) is 13.0. The maximum atomic E-state index is 12.4. The number of thiazole rings is 1. The van der Waals surface area contributed by atoms with Crippen molar-refractivity contribution in [2.24, 2.45) is 0 Å². The molecule has 1 heterocycles. The van der Waals surface area contributed by atoms with Gasteiger partial charge in [-0.25, -0.2) is 4.98 Å². The molecule has 1 aliphatic rings. The number of aliphatic hydroxyl groups is 1. The number of carbonyl (C=O) groups excluding carboxylic acids is 1. The van der Waals surface area contributed by atoms with Gasteiger partial charge in [0.15, 0.2) is 0 Å². The van der Waals surface area contributed by atoms with Crippen molar-refractivity contribution in [1.29, 1.82) is 0 Å². The van der Waals surface area contributed by atoms with Gasteiger partial charge < -0.3 is 10.4 Å². The van der Waals surface area contributed by atoms with Crippen LogP contribution in [0.5, 0.6) is 0 Å². The van der Waals surface area contributed by atoms with Gasteiger partial charge in [-0.15, -0.1) is 11.3 Å². The van der Waals surface area contributed by atoms with E-state index in [2.05, 4.69) is 31.1 Å². The van der Waals surface area contributed by atoms with Crippen molar-refractivity contribution in [1.82, 2.24) is 10.3 Å². The van der Waals surface area contributed by atoms with Crippen molar-refractivity contribution >= 4 is 17.2 Å². The molecule has 2 aromatic rings. The van der Waals surface area contributed by atoms with Crippen LogP contribution in [-0.2, 0) is 11.8 Å². The molecule has 0 unspecified atom stereocenters. The van der Waals surface area contributed by atoms with E-state index in [1.165, 1.54) is 11.3 Å². The lowest BCUT2D eigenvalue weighted by Crippen LogP contribution is -2.33. The lowest BCUT2D eigenvalue weighted by Gasteiger charge is -2.17. The number of amides is 1. The Morgan fingerprint density at radius 3 is 2.77 bits per heavy atom. The van der Waals surface area contributed by atoms with Crippen LogP contribution >= 0.6 is 11.3 Å². The van der Waals surface area contributed by atoms with Crippen LogP contribution in [0.1, 0.15) is 52.6 Å². The third-order valence-corrected chi connectivity index (χ3v) is 5.28. The van der Waals surface area contributed by atoms with Gasteiger partial charge in [0, 0.05) is 11.8 Å². The summed E-state index contributed by atoms with van der Waals surface area (Å²) in [6, 6.07) is 7.50. The fourth-order valence-electron chi connectivity index (χ4n) is 2.69. The largest absolute Gasteiger partial charge is 0.390 e. The van der Waals surface area contributed by atoms with Crippen molar-refractivity contribution in [2.75, 3.05) is 0 Å². The molecule has 116 valence electrons. The minimum Gasteiger partial charge on any atom is -0.390 e. The fraction of sp³-hybridized carbons (Fsp3) is 0.412. The number of nitrogens with one attached hydrogen (secondary N) is 1. The van der Waals surface area contributed by atoms with Gasteiger partial charge in [-0.05, 0) is 11.1 Å². The quantitative estimate of drug-likeness (QED) is 0.895. The molecule has 4 nitrogen and oxygen atoms in total. The van der Waals surface area contributed by atoms with E-state index in [4.69, 9.17) is 0 Å². The third-order valence-electron chi connectivity index (χ3n) is 3.86. The standard InChI is InChI=1S/C17H20N2O2S/c1-17(2,3)16-18-9-13(22-16)15(21)19-14-11-7-5-4-6-10(11)8-12(14)20/h4-7,9,12,14,20H,8H2,1-3H3,(H,19,21)/t12-,14+/m1/s1. The fourth-order valence-corrected chi connectivity index (χ4v) is 3.56. The first-order valence-corrected chi connectivity index (χ1v) is 8.21. The predicted octanol–water partition coefficient (Wildman–Crippen LogP) is 2.83. The molecule has 0 saturated carbocycles.